The van der Waals surface area contributed by atoms with Crippen LogP contribution in [-0.2, 0) is 38.4 Å². The first kappa shape index (κ1) is 41.6. The third-order valence-electron chi connectivity index (χ3n) is 8.13. The van der Waals surface area contributed by atoms with Gasteiger partial charge in [-0.2, -0.15) is 0 Å². The Hall–Kier alpha value is -4.40. The van der Waals surface area contributed by atoms with Gasteiger partial charge in [-0.05, 0) is 25.7 Å². The van der Waals surface area contributed by atoms with Gasteiger partial charge < -0.3 is 40.9 Å². The van der Waals surface area contributed by atoms with E-state index in [2.05, 4.69) is 0 Å². The average molecular weight is 693 g/mol. The predicted octanol–water partition coefficient (Wildman–Crippen LogP) is -1.52. The summed E-state index contributed by atoms with van der Waals surface area (Å²) in [4.78, 5) is 99.7. The van der Waals surface area contributed by atoms with E-state index in [-0.39, 0.29) is 78.0 Å². The van der Waals surface area contributed by atoms with Crippen molar-refractivity contribution < 1.29 is 79.2 Å². The maximum Gasteiger partial charge on any atom is 0.320 e. The minimum atomic E-state index is -1.42. The molecule has 0 unspecified atom stereocenters. The van der Waals surface area contributed by atoms with Crippen LogP contribution < -0.4 is 0 Å². The Morgan fingerprint density at radius 1 is 0.333 bits per heavy atom. The fourth-order valence-electron chi connectivity index (χ4n) is 5.61. The third kappa shape index (κ3) is 15.0. The lowest BCUT2D eigenvalue weighted by atomic mass is 10.1. The van der Waals surface area contributed by atoms with E-state index in [4.69, 9.17) is 0 Å². The highest BCUT2D eigenvalue weighted by molar-refractivity contribution is 5.77. The Morgan fingerprint density at radius 2 is 0.479 bits per heavy atom. The topological polar surface area (TPSA) is 311 Å². The molecule has 0 aliphatic carbocycles. The molecule has 1 rings (SSSR count). The summed E-state index contributed by atoms with van der Waals surface area (Å²) in [5, 5.41) is 76.8. The smallest absolute Gasteiger partial charge is 0.320 e. The fourth-order valence-corrected chi connectivity index (χ4v) is 5.61. The normalized spacial score (nSPS) is 18.7. The second-order valence-electron chi connectivity index (χ2n) is 11.3. The van der Waals surface area contributed by atoms with Gasteiger partial charge in [0.25, 0.3) is 0 Å². The maximum atomic E-state index is 12.3. The molecule has 8 N–H and O–H groups in total. The van der Waals surface area contributed by atoms with Crippen LogP contribution in [0.15, 0.2) is 0 Å². The van der Waals surface area contributed by atoms with Crippen LogP contribution >= 0.6 is 0 Å². The van der Waals surface area contributed by atoms with E-state index >= 15 is 0 Å². The van der Waals surface area contributed by atoms with Gasteiger partial charge in [-0.3, -0.25) is 58.0 Å². The quantitative estimate of drug-likeness (QED) is 0.0718. The monoisotopic (exact) mass is 692 g/mol. The minimum Gasteiger partial charge on any atom is -0.481 e. The number of carbonyl (C=O) groups is 8. The highest BCUT2D eigenvalue weighted by Crippen LogP contribution is 2.17. The molecule has 48 heavy (non-hydrogen) atoms. The van der Waals surface area contributed by atoms with Crippen LogP contribution in [0.1, 0.15) is 51.4 Å². The molecule has 0 spiro atoms. The van der Waals surface area contributed by atoms with E-state index in [1.807, 2.05) is 0 Å². The molecule has 1 aliphatic rings. The molecule has 20 heteroatoms. The molecule has 272 valence electrons. The van der Waals surface area contributed by atoms with Gasteiger partial charge in [0.1, 0.15) is 24.2 Å². The SMILES string of the molecule is O=C(O)CC[C@H](C(=O)O)N1CCN([C@H](CCC(=O)O)C(=O)O)CCN([C@@H](CCC(=O)O)C(=O)O)CCN([C@@H](CCC(=O)O)C(=O)O)CC1. The highest BCUT2D eigenvalue weighted by Gasteiger charge is 2.35. The lowest BCUT2D eigenvalue weighted by molar-refractivity contribution is -0.149. The van der Waals surface area contributed by atoms with Crippen LogP contribution in [0.4, 0.5) is 0 Å². The standard InChI is InChI=1S/C28H44N4O16/c33-21(34)5-1-17(25(41)42)29-9-11-30(18(26(43)44)2-6-22(35)36)13-15-32(20(28(47)48)4-8-24(39)40)16-14-31(12-10-29)19(27(45)46)3-7-23(37)38/h17-20H,1-16H2,(H,33,34)(H,35,36)(H,37,38)(H,39,40)(H,41,42)(H,43,44)(H,45,46)(H,47,48)/t17-,18-,19+,20+. The van der Waals surface area contributed by atoms with Crippen LogP contribution in [-0.4, -0.2) is 185 Å². The first-order chi connectivity index (χ1) is 22.4. The van der Waals surface area contributed by atoms with Crippen molar-refractivity contribution in [2.45, 2.75) is 75.5 Å². The molecule has 0 radical (unpaired) electrons. The number of hydrogen-bond donors (Lipinski definition) is 8. The summed E-state index contributed by atoms with van der Waals surface area (Å²) in [6.07, 6.45) is -3.66. The number of nitrogens with zero attached hydrogens (tertiary/aromatic N) is 4. The van der Waals surface area contributed by atoms with E-state index in [1.165, 1.54) is 19.6 Å². The second kappa shape index (κ2) is 20.8. The minimum absolute atomic E-state index is 0.213. The number of aliphatic carboxylic acids is 8. The first-order valence-corrected chi connectivity index (χ1v) is 15.2. The summed E-state index contributed by atoms with van der Waals surface area (Å²) in [5.41, 5.74) is 0. The van der Waals surface area contributed by atoms with E-state index in [9.17, 15) is 79.2 Å². The number of rotatable bonds is 20. The summed E-state index contributed by atoms with van der Waals surface area (Å²) in [6, 6.07) is -5.66. The first-order valence-electron chi connectivity index (χ1n) is 15.2. The molecule has 1 heterocycles. The van der Waals surface area contributed by atoms with Gasteiger partial charge in [0.05, 0.1) is 0 Å². The Balaban J connectivity index is 3.70. The van der Waals surface area contributed by atoms with Crippen molar-refractivity contribution in [2.75, 3.05) is 52.4 Å². The average Bonchev–Trinajstić information content (AvgIpc) is 2.95. The number of hydrogen-bond acceptors (Lipinski definition) is 12. The number of carboxylic acids is 8. The van der Waals surface area contributed by atoms with E-state index < -0.39 is 97.6 Å². The molecular weight excluding hydrogens is 648 g/mol. The molecule has 4 atom stereocenters. The Labute approximate surface area is 274 Å². The molecule has 0 aromatic rings. The second-order valence-corrected chi connectivity index (χ2v) is 11.3. The zero-order chi connectivity index (χ0) is 36.6. The van der Waals surface area contributed by atoms with E-state index in [1.54, 1.807) is 0 Å². The maximum absolute atomic E-state index is 12.3. The molecule has 1 saturated heterocycles. The van der Waals surface area contributed by atoms with Crippen LogP contribution in [0.3, 0.4) is 0 Å². The van der Waals surface area contributed by atoms with Gasteiger partial charge in [0.15, 0.2) is 0 Å². The van der Waals surface area contributed by atoms with Gasteiger partial charge in [0.2, 0.25) is 0 Å². The summed E-state index contributed by atoms with van der Waals surface area (Å²) >= 11 is 0. The zero-order valence-electron chi connectivity index (χ0n) is 26.3. The highest BCUT2D eigenvalue weighted by atomic mass is 16.4. The lowest BCUT2D eigenvalue weighted by Crippen LogP contribution is -2.56. The van der Waals surface area contributed by atoms with Gasteiger partial charge in [-0.25, -0.2) is 0 Å². The van der Waals surface area contributed by atoms with Crippen molar-refractivity contribution in [2.24, 2.45) is 0 Å². The zero-order valence-corrected chi connectivity index (χ0v) is 26.3. The number of carboxylic acid groups (broad SMARTS) is 8. The van der Waals surface area contributed by atoms with Crippen molar-refractivity contribution in [1.82, 2.24) is 19.6 Å². The van der Waals surface area contributed by atoms with E-state index in [0.717, 1.165) is 0 Å². The molecule has 0 amide bonds. The summed E-state index contributed by atoms with van der Waals surface area (Å²) in [5.74, 6) is -10.8. The van der Waals surface area contributed by atoms with Crippen molar-refractivity contribution in [1.29, 1.82) is 0 Å². The van der Waals surface area contributed by atoms with Crippen LogP contribution in [0.25, 0.3) is 0 Å². The van der Waals surface area contributed by atoms with Gasteiger partial charge in [-0.1, -0.05) is 0 Å². The predicted molar refractivity (Wildman–Crippen MR) is 159 cm³/mol. The Kier molecular flexibility index (Phi) is 18.0. The molecule has 0 aromatic carbocycles. The lowest BCUT2D eigenvalue weighted by Gasteiger charge is -2.39. The molecule has 0 bridgehead atoms. The molecule has 1 aliphatic heterocycles. The van der Waals surface area contributed by atoms with Crippen molar-refractivity contribution in [3.63, 3.8) is 0 Å². The largest absolute Gasteiger partial charge is 0.481 e. The van der Waals surface area contributed by atoms with Gasteiger partial charge in [-0.15, -0.1) is 0 Å². The molecule has 20 nitrogen and oxygen atoms in total. The molecular formula is C28H44N4O16. The Bertz CT molecular complexity index is 974. The van der Waals surface area contributed by atoms with Gasteiger partial charge in [0, 0.05) is 78.0 Å². The van der Waals surface area contributed by atoms with Crippen LogP contribution in [0.5, 0.6) is 0 Å². The molecule has 0 aromatic heterocycles. The fraction of sp³-hybridized carbons (Fsp3) is 0.714. The summed E-state index contributed by atoms with van der Waals surface area (Å²) in [6.45, 7) is -1.70. The molecule has 1 fully saturated rings. The molecule has 0 saturated carbocycles. The summed E-state index contributed by atoms with van der Waals surface area (Å²) < 4.78 is 0. The van der Waals surface area contributed by atoms with Crippen molar-refractivity contribution in [3.8, 4) is 0 Å². The van der Waals surface area contributed by atoms with Crippen LogP contribution in [0.2, 0.25) is 0 Å². The van der Waals surface area contributed by atoms with Gasteiger partial charge >= 0.3 is 47.8 Å². The van der Waals surface area contributed by atoms with Crippen molar-refractivity contribution >= 4 is 47.8 Å². The van der Waals surface area contributed by atoms with Crippen molar-refractivity contribution in [3.05, 3.63) is 0 Å². The van der Waals surface area contributed by atoms with Crippen LogP contribution in [0, 0.1) is 0 Å². The summed E-state index contributed by atoms with van der Waals surface area (Å²) in [7, 11) is 0. The Morgan fingerprint density at radius 3 is 0.583 bits per heavy atom. The van der Waals surface area contributed by atoms with E-state index in [0.29, 0.717) is 0 Å². The third-order valence-corrected chi connectivity index (χ3v) is 8.13.